The van der Waals surface area contributed by atoms with Gasteiger partial charge in [0.25, 0.3) is 0 Å². The number of nitrogens with zero attached hydrogens (tertiary/aromatic N) is 3. The maximum atomic E-state index is 6.60. The highest BCUT2D eigenvalue weighted by Crippen LogP contribution is 2.60. The number of anilines is 2. The molecular formula is C114H71N3O2S4. The third-order valence-corrected chi connectivity index (χ3v) is 29.7. The molecule has 2 aliphatic rings. The lowest BCUT2D eigenvalue weighted by Crippen LogP contribution is -2.20. The molecule has 0 aliphatic carbocycles. The van der Waals surface area contributed by atoms with Crippen LogP contribution in [0.25, 0.3) is 203 Å². The fourth-order valence-electron chi connectivity index (χ4n) is 19.3. The lowest BCUT2D eigenvalue weighted by atomic mass is 9.95. The Morgan fingerprint density at radius 3 is 1.40 bits per heavy atom. The van der Waals surface area contributed by atoms with Gasteiger partial charge in [-0.05, 0) is 194 Å². The molecule has 0 saturated carbocycles. The van der Waals surface area contributed by atoms with Crippen molar-refractivity contribution >= 4 is 181 Å². The van der Waals surface area contributed by atoms with Gasteiger partial charge in [0.2, 0.25) is 0 Å². The Morgan fingerprint density at radius 2 is 0.699 bits per heavy atom. The van der Waals surface area contributed by atoms with Gasteiger partial charge < -0.3 is 23.2 Å². The zero-order chi connectivity index (χ0) is 80.7. The summed E-state index contributed by atoms with van der Waals surface area (Å²) in [5.41, 5.74) is 28.7. The van der Waals surface area contributed by atoms with E-state index in [9.17, 15) is 0 Å². The van der Waals surface area contributed by atoms with Crippen molar-refractivity contribution < 1.29 is 9.15 Å². The van der Waals surface area contributed by atoms with E-state index in [1.165, 1.54) is 181 Å². The number of para-hydroxylation sites is 6. The van der Waals surface area contributed by atoms with Crippen LogP contribution in [0.4, 0.5) is 11.4 Å². The van der Waals surface area contributed by atoms with Crippen LogP contribution >= 0.6 is 45.3 Å². The maximum absolute atomic E-state index is 6.60. The van der Waals surface area contributed by atoms with Crippen molar-refractivity contribution in [2.24, 2.45) is 0 Å². The van der Waals surface area contributed by atoms with Gasteiger partial charge >= 0.3 is 0 Å². The number of furan rings is 1. The SMILES string of the molecule is c1ccc(-n2c3ccccc3c3oc4cc(-c5ccc(-c6cccc7sc8ccccc8c67)cc5)ccc4c32)cc1.c1ccc(-n2c3ccccc3c3sc4cc(-c5ccc(-c6ccc7sc8ccccc8c7c6)cc5)ccc4c32)cc1.c1ccc(N2c3ccccc3C3Oc4ccc(-c5ccc(-c6cccc7c6sc6ccccc67)cc5)cc4C32)cc1. The quantitative estimate of drug-likeness (QED) is 0.144. The number of thiophene rings is 4. The predicted octanol–water partition coefficient (Wildman–Crippen LogP) is 33.6. The molecule has 7 aromatic heterocycles. The predicted molar refractivity (Wildman–Crippen MR) is 526 cm³/mol. The Morgan fingerprint density at radius 1 is 0.244 bits per heavy atom. The molecule has 0 amide bonds. The summed E-state index contributed by atoms with van der Waals surface area (Å²) < 4.78 is 28.6. The Bertz CT molecular complexity index is 8480. The van der Waals surface area contributed by atoms with E-state index in [1.807, 2.05) is 45.3 Å². The zero-order valence-corrected chi connectivity index (χ0v) is 69.5. The first-order valence-electron chi connectivity index (χ1n) is 41.8. The van der Waals surface area contributed by atoms with Crippen molar-refractivity contribution in [1.82, 2.24) is 9.13 Å². The average molecular weight is 1640 g/mol. The summed E-state index contributed by atoms with van der Waals surface area (Å²) in [5.74, 6) is 0.979. The van der Waals surface area contributed by atoms with Crippen LogP contribution in [0.15, 0.2) is 423 Å². The molecule has 27 rings (SSSR count). The van der Waals surface area contributed by atoms with Crippen molar-refractivity contribution in [2.45, 2.75) is 12.1 Å². The van der Waals surface area contributed by atoms with E-state index < -0.39 is 0 Å². The lowest BCUT2D eigenvalue weighted by molar-refractivity contribution is 0.223. The number of ether oxygens (including phenoxy) is 1. The smallest absolute Gasteiger partial charge is 0.161 e. The molecule has 2 aliphatic heterocycles. The Balaban J connectivity index is 0.000000101. The second kappa shape index (κ2) is 29.1. The van der Waals surface area contributed by atoms with Crippen LogP contribution in [0, 0.1) is 0 Å². The monoisotopic (exact) mass is 1640 g/mol. The van der Waals surface area contributed by atoms with E-state index in [0.29, 0.717) is 0 Å². The molecule has 9 heteroatoms. The normalized spacial score (nSPS) is 13.6. The van der Waals surface area contributed by atoms with E-state index in [0.717, 1.165) is 50.0 Å². The van der Waals surface area contributed by atoms with Crippen molar-refractivity contribution in [3.63, 3.8) is 0 Å². The first-order valence-corrected chi connectivity index (χ1v) is 45.1. The summed E-state index contributed by atoms with van der Waals surface area (Å²) in [7, 11) is 0. The molecule has 0 saturated heterocycles. The first-order chi connectivity index (χ1) is 61.0. The number of benzene rings is 18. The van der Waals surface area contributed by atoms with Crippen molar-refractivity contribution in [1.29, 1.82) is 0 Å². The van der Waals surface area contributed by atoms with Gasteiger partial charge in [0, 0.05) is 121 Å². The van der Waals surface area contributed by atoms with E-state index in [4.69, 9.17) is 9.15 Å². The highest BCUT2D eigenvalue weighted by molar-refractivity contribution is 7.27. The largest absolute Gasteiger partial charge is 0.483 e. The van der Waals surface area contributed by atoms with Gasteiger partial charge in [-0.1, -0.05) is 291 Å². The molecule has 0 bridgehead atoms. The van der Waals surface area contributed by atoms with Gasteiger partial charge in [0.1, 0.15) is 22.9 Å². The molecule has 18 aromatic carbocycles. The highest BCUT2D eigenvalue weighted by Gasteiger charge is 2.47. The summed E-state index contributed by atoms with van der Waals surface area (Å²) in [4.78, 5) is 2.45. The molecule has 2 atom stereocenters. The molecule has 123 heavy (non-hydrogen) atoms. The summed E-state index contributed by atoms with van der Waals surface area (Å²) in [6, 6.07) is 151. The minimum absolute atomic E-state index is 0.0131. The number of aromatic nitrogens is 2. The lowest BCUT2D eigenvalue weighted by Gasteiger charge is -2.26. The molecule has 0 N–H and O–H groups in total. The van der Waals surface area contributed by atoms with Gasteiger partial charge in [-0.15, -0.1) is 45.3 Å². The first kappa shape index (κ1) is 71.3. The van der Waals surface area contributed by atoms with Crippen LogP contribution in [0.1, 0.15) is 23.3 Å². The van der Waals surface area contributed by atoms with Crippen LogP contribution in [-0.4, -0.2) is 9.13 Å². The number of rotatable bonds is 9. The van der Waals surface area contributed by atoms with Gasteiger partial charge in [0.05, 0.1) is 21.3 Å². The third-order valence-electron chi connectivity index (χ3n) is 25.1. The topological polar surface area (TPSA) is 35.5 Å². The van der Waals surface area contributed by atoms with Crippen molar-refractivity contribution in [3.05, 3.63) is 430 Å². The van der Waals surface area contributed by atoms with Gasteiger partial charge in [-0.3, -0.25) is 0 Å². The van der Waals surface area contributed by atoms with Crippen LogP contribution in [0.3, 0.4) is 0 Å². The second-order valence-corrected chi connectivity index (χ2v) is 36.2. The fourth-order valence-corrected chi connectivity index (χ4v) is 24.1. The molecule has 0 radical (unpaired) electrons. The van der Waals surface area contributed by atoms with Gasteiger partial charge in [-0.25, -0.2) is 0 Å². The Hall–Kier alpha value is -14.7. The Kier molecular flexibility index (Phi) is 16.8. The van der Waals surface area contributed by atoms with Gasteiger partial charge in [0.15, 0.2) is 11.7 Å². The summed E-state index contributed by atoms with van der Waals surface area (Å²) in [6.45, 7) is 0. The zero-order valence-electron chi connectivity index (χ0n) is 66.3. The van der Waals surface area contributed by atoms with Crippen LogP contribution < -0.4 is 9.64 Å². The van der Waals surface area contributed by atoms with E-state index in [-0.39, 0.29) is 12.1 Å². The molecule has 5 nitrogen and oxygen atoms in total. The van der Waals surface area contributed by atoms with Crippen LogP contribution in [0.2, 0.25) is 0 Å². The number of hydrogen-bond acceptors (Lipinski definition) is 7. The standard InChI is InChI=1S/C38H25NOS.C38H23NOS.C38H23NS2/c1-2-9-27(10-3-1)39-33-15-6-4-12-31(33)37-36(39)32-23-26(21-22-34(32)40-37)24-17-19-25(20-18-24)28-13-8-14-30-29-11-5-7-16-35(29)41-38(28)30;1-2-9-27(10-3-1)39-32-14-6-4-11-29(32)38-37(39)30-22-21-26(23-33(30)40-38)24-17-19-25(20-18-24)28-13-8-16-35-36(28)31-12-5-7-15-34(31)41-35;1-2-8-28(9-3-1)39-33-12-6-4-11-30(33)38-37(39)31-20-18-27(23-36(31)41-38)25-16-14-24(15-17-25)26-19-21-35-32(22-26)29-10-5-7-13-34(29)40-35/h1-23,36-37H;2*1-23H. The summed E-state index contributed by atoms with van der Waals surface area (Å²) in [6.07, 6.45) is -0.0131. The van der Waals surface area contributed by atoms with Crippen LogP contribution in [-0.2, 0) is 0 Å². The highest BCUT2D eigenvalue weighted by atomic mass is 32.1. The molecule has 0 fully saturated rings. The third kappa shape index (κ3) is 11.8. The molecule has 25 aromatic rings. The van der Waals surface area contributed by atoms with Crippen molar-refractivity contribution in [3.8, 4) is 83.9 Å². The fraction of sp³-hybridized carbons (Fsp3) is 0.0175. The maximum Gasteiger partial charge on any atom is 0.161 e. The number of hydrogen-bond donors (Lipinski definition) is 0. The number of fused-ring (bicyclic) bond motifs is 24. The van der Waals surface area contributed by atoms with Crippen LogP contribution in [0.5, 0.6) is 5.75 Å². The average Bonchev–Trinajstić information content (AvgIpc) is 1.57. The second-order valence-electron chi connectivity index (χ2n) is 32.0. The minimum Gasteiger partial charge on any atom is -0.483 e. The molecular weight excluding hydrogens is 1570 g/mol. The molecule has 0 spiro atoms. The van der Waals surface area contributed by atoms with E-state index >= 15 is 0 Å². The summed E-state index contributed by atoms with van der Waals surface area (Å²) in [5, 5.41) is 12.9. The van der Waals surface area contributed by atoms with Crippen molar-refractivity contribution in [2.75, 3.05) is 4.90 Å². The molecule has 9 heterocycles. The minimum atomic E-state index is -0.0131. The molecule has 578 valence electrons. The van der Waals surface area contributed by atoms with Gasteiger partial charge in [-0.2, -0.15) is 0 Å². The Labute approximate surface area is 724 Å². The molecule has 2 unspecified atom stereocenters. The summed E-state index contributed by atoms with van der Waals surface area (Å²) >= 11 is 7.51. The van der Waals surface area contributed by atoms with E-state index in [2.05, 4.69) is 433 Å². The van der Waals surface area contributed by atoms with E-state index in [1.54, 1.807) is 0 Å².